The lowest BCUT2D eigenvalue weighted by Gasteiger charge is -2.19. The van der Waals surface area contributed by atoms with E-state index in [1.165, 1.54) is 5.56 Å². The number of aromatic nitrogens is 1. The van der Waals surface area contributed by atoms with Crippen LogP contribution >= 0.6 is 11.6 Å². The average molecular weight is 262 g/mol. The van der Waals surface area contributed by atoms with Crippen molar-refractivity contribution in [3.8, 4) is 11.6 Å². The molecule has 0 amide bonds. The molecular formula is C15H16ClNO. The fraction of sp³-hybridized carbons (Fsp3) is 0.267. The van der Waals surface area contributed by atoms with Crippen LogP contribution in [0.2, 0.25) is 5.02 Å². The molecule has 0 saturated carbocycles. The third kappa shape index (κ3) is 3.23. The van der Waals surface area contributed by atoms with Gasteiger partial charge in [-0.25, -0.2) is 4.98 Å². The van der Waals surface area contributed by atoms with Gasteiger partial charge in [-0.3, -0.25) is 0 Å². The summed E-state index contributed by atoms with van der Waals surface area (Å²) in [7, 11) is 0. The van der Waals surface area contributed by atoms with E-state index in [0.717, 1.165) is 5.75 Å². The zero-order chi connectivity index (χ0) is 13.2. The molecule has 1 heterocycles. The first-order valence-electron chi connectivity index (χ1n) is 5.85. The van der Waals surface area contributed by atoms with Gasteiger partial charge < -0.3 is 4.74 Å². The maximum absolute atomic E-state index is 5.88. The molecule has 0 saturated heterocycles. The van der Waals surface area contributed by atoms with E-state index < -0.39 is 0 Å². The number of rotatable bonds is 2. The summed E-state index contributed by atoms with van der Waals surface area (Å²) >= 11 is 5.88. The summed E-state index contributed by atoms with van der Waals surface area (Å²) in [6.07, 6.45) is 1.63. The van der Waals surface area contributed by atoms with Gasteiger partial charge in [0.2, 0.25) is 5.88 Å². The zero-order valence-corrected chi connectivity index (χ0v) is 11.5. The molecule has 1 aromatic carbocycles. The fourth-order valence-electron chi connectivity index (χ4n) is 1.58. The van der Waals surface area contributed by atoms with Gasteiger partial charge in [0.15, 0.2) is 0 Å². The Hall–Kier alpha value is -1.54. The van der Waals surface area contributed by atoms with Gasteiger partial charge in [-0.1, -0.05) is 44.5 Å². The van der Waals surface area contributed by atoms with Crippen LogP contribution in [0.15, 0.2) is 42.6 Å². The summed E-state index contributed by atoms with van der Waals surface area (Å²) in [6, 6.07) is 11.4. The Bertz CT molecular complexity index is 529. The smallest absolute Gasteiger partial charge is 0.220 e. The largest absolute Gasteiger partial charge is 0.439 e. The summed E-state index contributed by atoms with van der Waals surface area (Å²) < 4.78 is 5.63. The van der Waals surface area contributed by atoms with E-state index >= 15 is 0 Å². The Labute approximate surface area is 113 Å². The molecule has 94 valence electrons. The number of hydrogen-bond donors (Lipinski definition) is 0. The SMILES string of the molecule is CC(C)(C)c1ccc(Oc2cc(Cl)ccn2)cc1. The Morgan fingerprint density at radius 1 is 1.06 bits per heavy atom. The van der Waals surface area contributed by atoms with E-state index in [0.29, 0.717) is 10.9 Å². The molecular weight excluding hydrogens is 246 g/mol. The number of halogens is 1. The molecule has 0 atom stereocenters. The molecule has 0 bridgehead atoms. The molecule has 0 aliphatic carbocycles. The fourth-order valence-corrected chi connectivity index (χ4v) is 1.73. The van der Waals surface area contributed by atoms with Gasteiger partial charge in [0.05, 0.1) is 0 Å². The summed E-state index contributed by atoms with van der Waals surface area (Å²) in [5.74, 6) is 1.27. The number of ether oxygens (including phenoxy) is 1. The second kappa shape index (κ2) is 4.99. The average Bonchev–Trinajstić information content (AvgIpc) is 2.28. The molecule has 18 heavy (non-hydrogen) atoms. The van der Waals surface area contributed by atoms with Gasteiger partial charge in [-0.15, -0.1) is 0 Å². The predicted octanol–water partition coefficient (Wildman–Crippen LogP) is 4.82. The Kier molecular flexibility index (Phi) is 3.58. The van der Waals surface area contributed by atoms with Crippen LogP contribution in [0.25, 0.3) is 0 Å². The summed E-state index contributed by atoms with van der Waals surface area (Å²) in [6.45, 7) is 6.55. The summed E-state index contributed by atoms with van der Waals surface area (Å²) in [5, 5.41) is 0.617. The first-order chi connectivity index (χ1) is 8.45. The number of pyridine rings is 1. The molecule has 2 rings (SSSR count). The minimum atomic E-state index is 0.146. The minimum Gasteiger partial charge on any atom is -0.439 e. The molecule has 1 aromatic heterocycles. The van der Waals surface area contributed by atoms with Crippen molar-refractivity contribution in [1.29, 1.82) is 0 Å². The van der Waals surface area contributed by atoms with E-state index in [-0.39, 0.29) is 5.41 Å². The molecule has 0 aliphatic rings. The number of hydrogen-bond acceptors (Lipinski definition) is 2. The topological polar surface area (TPSA) is 22.1 Å². The van der Waals surface area contributed by atoms with Crippen LogP contribution in [0.1, 0.15) is 26.3 Å². The maximum Gasteiger partial charge on any atom is 0.220 e. The molecule has 2 aromatic rings. The maximum atomic E-state index is 5.88. The number of benzene rings is 1. The van der Waals surface area contributed by atoms with Gasteiger partial charge in [0.1, 0.15) is 5.75 Å². The minimum absolute atomic E-state index is 0.146. The highest BCUT2D eigenvalue weighted by atomic mass is 35.5. The van der Waals surface area contributed by atoms with Gasteiger partial charge in [-0.2, -0.15) is 0 Å². The predicted molar refractivity (Wildman–Crippen MR) is 74.5 cm³/mol. The highest BCUT2D eigenvalue weighted by Crippen LogP contribution is 2.26. The lowest BCUT2D eigenvalue weighted by molar-refractivity contribution is 0.462. The monoisotopic (exact) mass is 261 g/mol. The first kappa shape index (κ1) is 12.9. The summed E-state index contributed by atoms with van der Waals surface area (Å²) in [5.41, 5.74) is 1.42. The van der Waals surface area contributed by atoms with Crippen molar-refractivity contribution in [1.82, 2.24) is 4.98 Å². The van der Waals surface area contributed by atoms with Crippen molar-refractivity contribution in [3.63, 3.8) is 0 Å². The standard InChI is InChI=1S/C15H16ClNO/c1-15(2,3)11-4-6-13(7-5-11)18-14-10-12(16)8-9-17-14/h4-10H,1-3H3. The highest BCUT2D eigenvalue weighted by molar-refractivity contribution is 6.30. The highest BCUT2D eigenvalue weighted by Gasteiger charge is 2.13. The normalized spacial score (nSPS) is 11.3. The van der Waals surface area contributed by atoms with E-state index in [1.54, 1.807) is 18.3 Å². The van der Waals surface area contributed by atoms with Crippen molar-refractivity contribution in [2.45, 2.75) is 26.2 Å². The third-order valence-corrected chi connectivity index (χ3v) is 2.87. The third-order valence-electron chi connectivity index (χ3n) is 2.64. The van der Waals surface area contributed by atoms with Gasteiger partial charge in [-0.05, 0) is 29.2 Å². The molecule has 3 heteroatoms. The Morgan fingerprint density at radius 3 is 2.28 bits per heavy atom. The molecule has 0 N–H and O–H groups in total. The van der Waals surface area contributed by atoms with Crippen LogP contribution < -0.4 is 4.74 Å². The van der Waals surface area contributed by atoms with Crippen molar-refractivity contribution < 1.29 is 4.74 Å². The van der Waals surface area contributed by atoms with E-state index in [4.69, 9.17) is 16.3 Å². The molecule has 0 radical (unpaired) electrons. The van der Waals surface area contributed by atoms with Gasteiger partial charge >= 0.3 is 0 Å². The van der Waals surface area contributed by atoms with Crippen molar-refractivity contribution in [3.05, 3.63) is 53.2 Å². The lowest BCUT2D eigenvalue weighted by atomic mass is 9.87. The van der Waals surface area contributed by atoms with Crippen LogP contribution in [-0.2, 0) is 5.41 Å². The molecule has 0 unspecified atom stereocenters. The van der Waals surface area contributed by atoms with Crippen molar-refractivity contribution in [2.75, 3.05) is 0 Å². The molecule has 0 spiro atoms. The quantitative estimate of drug-likeness (QED) is 0.773. The van der Waals surface area contributed by atoms with Crippen molar-refractivity contribution in [2.24, 2.45) is 0 Å². The van der Waals surface area contributed by atoms with E-state index in [2.05, 4.69) is 37.9 Å². The number of nitrogens with zero attached hydrogens (tertiary/aromatic N) is 1. The molecule has 0 aliphatic heterocycles. The van der Waals surface area contributed by atoms with Crippen LogP contribution in [0.3, 0.4) is 0 Å². The van der Waals surface area contributed by atoms with Crippen LogP contribution in [0, 0.1) is 0 Å². The molecule has 0 fully saturated rings. The second-order valence-corrected chi connectivity index (χ2v) is 5.63. The van der Waals surface area contributed by atoms with E-state index in [1.807, 2.05) is 12.1 Å². The second-order valence-electron chi connectivity index (χ2n) is 5.19. The molecule has 2 nitrogen and oxygen atoms in total. The van der Waals surface area contributed by atoms with Crippen LogP contribution in [0.5, 0.6) is 11.6 Å². The van der Waals surface area contributed by atoms with E-state index in [9.17, 15) is 0 Å². The van der Waals surface area contributed by atoms with Crippen LogP contribution in [0.4, 0.5) is 0 Å². The Balaban J connectivity index is 2.16. The Morgan fingerprint density at radius 2 is 1.72 bits per heavy atom. The van der Waals surface area contributed by atoms with Crippen LogP contribution in [-0.4, -0.2) is 4.98 Å². The van der Waals surface area contributed by atoms with Gasteiger partial charge in [0.25, 0.3) is 0 Å². The lowest BCUT2D eigenvalue weighted by Crippen LogP contribution is -2.10. The zero-order valence-electron chi connectivity index (χ0n) is 10.8. The summed E-state index contributed by atoms with van der Waals surface area (Å²) in [4.78, 5) is 4.10. The van der Waals surface area contributed by atoms with Gasteiger partial charge in [0, 0.05) is 17.3 Å². The first-order valence-corrected chi connectivity index (χ1v) is 6.23. The van der Waals surface area contributed by atoms with Crippen molar-refractivity contribution >= 4 is 11.6 Å².